The van der Waals surface area contributed by atoms with E-state index in [1.54, 1.807) is 0 Å². The summed E-state index contributed by atoms with van der Waals surface area (Å²) in [6, 6.07) is 0. The van der Waals surface area contributed by atoms with Gasteiger partial charge in [0.25, 0.3) is 0 Å². The zero-order chi connectivity index (χ0) is 13.8. The smallest absolute Gasteiger partial charge is 0.220 e. The maximum Gasteiger partial charge on any atom is 0.220 e. The van der Waals surface area contributed by atoms with Crippen molar-refractivity contribution in [3.63, 3.8) is 0 Å². The topological polar surface area (TPSA) is 61.4 Å². The predicted octanol–water partition coefficient (Wildman–Crippen LogP) is 1.29. The van der Waals surface area contributed by atoms with Gasteiger partial charge in [-0.25, -0.2) is 0 Å². The largest absolute Gasteiger partial charge is 0.387 e. The van der Waals surface area contributed by atoms with Gasteiger partial charge in [0.2, 0.25) is 5.91 Å². The number of hydrogen-bond donors (Lipinski definition) is 3. The van der Waals surface area contributed by atoms with E-state index in [9.17, 15) is 9.90 Å². The molecule has 0 spiro atoms. The molecule has 3 N–H and O–H groups in total. The Balaban J connectivity index is 2.25. The van der Waals surface area contributed by atoms with Crippen molar-refractivity contribution in [1.29, 1.82) is 0 Å². The highest BCUT2D eigenvalue weighted by atomic mass is 16.3. The van der Waals surface area contributed by atoms with E-state index >= 15 is 0 Å². The quantitative estimate of drug-likeness (QED) is 0.694. The lowest BCUT2D eigenvalue weighted by atomic mass is 9.84. The monoisotopic (exact) mass is 256 g/mol. The molecule has 4 nitrogen and oxygen atoms in total. The molecule has 1 aliphatic rings. The van der Waals surface area contributed by atoms with Crippen LogP contribution in [0.15, 0.2) is 0 Å². The number of carbonyl (C=O) groups is 1. The minimum Gasteiger partial charge on any atom is -0.387 e. The van der Waals surface area contributed by atoms with Crippen LogP contribution in [0.3, 0.4) is 0 Å². The molecule has 0 radical (unpaired) electrons. The van der Waals surface area contributed by atoms with E-state index in [1.165, 1.54) is 0 Å². The number of hydrogen-bond acceptors (Lipinski definition) is 3. The molecular weight excluding hydrogens is 228 g/mol. The minimum atomic E-state index is -0.747. The van der Waals surface area contributed by atoms with Crippen LogP contribution in [0.2, 0.25) is 0 Å². The fourth-order valence-electron chi connectivity index (χ4n) is 2.65. The molecule has 0 bridgehead atoms. The maximum absolute atomic E-state index is 11.8. The average Bonchev–Trinajstić information content (AvgIpc) is 2.60. The zero-order valence-electron chi connectivity index (χ0n) is 12.2. The summed E-state index contributed by atoms with van der Waals surface area (Å²) in [6.45, 7) is 10.4. The highest BCUT2D eigenvalue weighted by Gasteiger charge is 2.31. The summed E-state index contributed by atoms with van der Waals surface area (Å²) in [5, 5.41) is 16.0. The molecule has 18 heavy (non-hydrogen) atoms. The first-order valence-electron chi connectivity index (χ1n) is 6.90. The predicted molar refractivity (Wildman–Crippen MR) is 73.3 cm³/mol. The van der Waals surface area contributed by atoms with E-state index in [0.717, 1.165) is 13.0 Å². The van der Waals surface area contributed by atoms with Gasteiger partial charge in [0.15, 0.2) is 0 Å². The third kappa shape index (κ3) is 5.83. The van der Waals surface area contributed by atoms with Gasteiger partial charge in [0, 0.05) is 19.5 Å². The number of nitrogens with one attached hydrogen (secondary N) is 2. The number of amides is 1. The summed E-state index contributed by atoms with van der Waals surface area (Å²) < 4.78 is 0. The van der Waals surface area contributed by atoms with Gasteiger partial charge < -0.3 is 15.7 Å². The molecule has 0 aromatic carbocycles. The van der Waals surface area contributed by atoms with E-state index in [-0.39, 0.29) is 11.3 Å². The molecule has 0 aromatic heterocycles. The molecule has 106 valence electrons. The van der Waals surface area contributed by atoms with E-state index in [4.69, 9.17) is 0 Å². The standard InChI is InChI=1S/C14H28N2O2/c1-11(8-13(2,3)4)7-12(17)16-10-14(18)5-6-15-9-14/h11,15,18H,5-10H2,1-4H3,(H,16,17). The first kappa shape index (κ1) is 15.4. The van der Waals surface area contributed by atoms with Gasteiger partial charge in [-0.2, -0.15) is 0 Å². The second-order valence-corrected chi connectivity index (χ2v) is 7.00. The Morgan fingerprint density at radius 3 is 2.67 bits per heavy atom. The van der Waals surface area contributed by atoms with Crippen LogP contribution in [0.5, 0.6) is 0 Å². The van der Waals surface area contributed by atoms with Crippen molar-refractivity contribution >= 4 is 5.91 Å². The third-order valence-corrected chi connectivity index (χ3v) is 3.33. The third-order valence-electron chi connectivity index (χ3n) is 3.33. The SMILES string of the molecule is CC(CC(=O)NCC1(O)CCNC1)CC(C)(C)C. The van der Waals surface area contributed by atoms with Gasteiger partial charge in [0.05, 0.1) is 5.60 Å². The second kappa shape index (κ2) is 6.02. The Morgan fingerprint density at radius 2 is 2.17 bits per heavy atom. The van der Waals surface area contributed by atoms with Crippen molar-refractivity contribution in [3.05, 3.63) is 0 Å². The Bertz CT molecular complexity index is 278. The van der Waals surface area contributed by atoms with E-state index in [1.807, 2.05) is 0 Å². The van der Waals surface area contributed by atoms with Gasteiger partial charge >= 0.3 is 0 Å². The van der Waals surface area contributed by atoms with Crippen LogP contribution in [-0.2, 0) is 4.79 Å². The molecule has 0 aliphatic carbocycles. The molecule has 1 amide bonds. The summed E-state index contributed by atoms with van der Waals surface area (Å²) in [6.07, 6.45) is 2.29. The van der Waals surface area contributed by atoms with Gasteiger partial charge in [-0.05, 0) is 30.7 Å². The van der Waals surface area contributed by atoms with Crippen molar-refractivity contribution in [2.24, 2.45) is 11.3 Å². The van der Waals surface area contributed by atoms with Crippen molar-refractivity contribution in [3.8, 4) is 0 Å². The molecule has 0 saturated carbocycles. The van der Waals surface area contributed by atoms with Crippen molar-refractivity contribution in [1.82, 2.24) is 10.6 Å². The molecular formula is C14H28N2O2. The molecule has 0 aromatic rings. The fourth-order valence-corrected chi connectivity index (χ4v) is 2.65. The number of rotatable bonds is 5. The molecule has 4 heteroatoms. The Kier molecular flexibility index (Phi) is 5.17. The van der Waals surface area contributed by atoms with Crippen LogP contribution < -0.4 is 10.6 Å². The average molecular weight is 256 g/mol. The van der Waals surface area contributed by atoms with Gasteiger partial charge in [-0.3, -0.25) is 4.79 Å². The molecule has 2 atom stereocenters. The molecule has 1 fully saturated rings. The molecule has 1 aliphatic heterocycles. The molecule has 2 unspecified atom stereocenters. The lowest BCUT2D eigenvalue weighted by Crippen LogP contribution is -2.44. The lowest BCUT2D eigenvalue weighted by molar-refractivity contribution is -0.123. The molecule has 1 saturated heterocycles. The summed E-state index contributed by atoms with van der Waals surface area (Å²) in [5.74, 6) is 0.424. The summed E-state index contributed by atoms with van der Waals surface area (Å²) in [7, 11) is 0. The van der Waals surface area contributed by atoms with Crippen LogP contribution in [0.4, 0.5) is 0 Å². The normalized spacial score (nSPS) is 26.1. The van der Waals surface area contributed by atoms with Gasteiger partial charge in [0.1, 0.15) is 0 Å². The van der Waals surface area contributed by atoms with Crippen molar-refractivity contribution < 1.29 is 9.90 Å². The first-order valence-corrected chi connectivity index (χ1v) is 6.90. The number of carbonyl (C=O) groups excluding carboxylic acids is 1. The van der Waals surface area contributed by atoms with Crippen LogP contribution in [0.1, 0.15) is 47.0 Å². The lowest BCUT2D eigenvalue weighted by Gasteiger charge is -2.24. The summed E-state index contributed by atoms with van der Waals surface area (Å²) >= 11 is 0. The second-order valence-electron chi connectivity index (χ2n) is 7.00. The van der Waals surface area contributed by atoms with Crippen molar-refractivity contribution in [2.45, 2.75) is 52.6 Å². The minimum absolute atomic E-state index is 0.0482. The van der Waals surface area contributed by atoms with E-state index in [2.05, 4.69) is 38.3 Å². The number of aliphatic hydroxyl groups is 1. The van der Waals surface area contributed by atoms with E-state index in [0.29, 0.717) is 31.8 Å². The van der Waals surface area contributed by atoms with Crippen LogP contribution in [0.25, 0.3) is 0 Å². The Hall–Kier alpha value is -0.610. The van der Waals surface area contributed by atoms with Gasteiger partial charge in [-0.15, -0.1) is 0 Å². The van der Waals surface area contributed by atoms with Gasteiger partial charge in [-0.1, -0.05) is 27.7 Å². The van der Waals surface area contributed by atoms with Crippen molar-refractivity contribution in [2.75, 3.05) is 19.6 Å². The van der Waals surface area contributed by atoms with Crippen LogP contribution >= 0.6 is 0 Å². The summed E-state index contributed by atoms with van der Waals surface area (Å²) in [4.78, 5) is 11.8. The highest BCUT2D eigenvalue weighted by molar-refractivity contribution is 5.76. The molecule has 1 rings (SSSR count). The zero-order valence-corrected chi connectivity index (χ0v) is 12.2. The van der Waals surface area contributed by atoms with Crippen LogP contribution in [0, 0.1) is 11.3 Å². The first-order chi connectivity index (χ1) is 8.20. The number of β-amino-alcohol motifs (C(OH)–C–C–N with tert-alkyl or cyclic N) is 1. The Morgan fingerprint density at radius 1 is 1.50 bits per heavy atom. The maximum atomic E-state index is 11.8. The Labute approximate surface area is 111 Å². The fraction of sp³-hybridized carbons (Fsp3) is 0.929. The van der Waals surface area contributed by atoms with E-state index < -0.39 is 5.60 Å². The highest BCUT2D eigenvalue weighted by Crippen LogP contribution is 2.25. The molecule has 1 heterocycles. The van der Waals surface area contributed by atoms with Crippen LogP contribution in [-0.4, -0.2) is 36.2 Å². The summed E-state index contributed by atoms with van der Waals surface area (Å²) in [5.41, 5.74) is -0.490.